The van der Waals surface area contributed by atoms with Crippen LogP contribution in [-0.4, -0.2) is 29.9 Å². The highest BCUT2D eigenvalue weighted by Crippen LogP contribution is 2.27. The Morgan fingerprint density at radius 3 is 2.38 bits per heavy atom. The summed E-state index contributed by atoms with van der Waals surface area (Å²) >= 11 is 5.84. The molecule has 2 aromatic carbocycles. The Labute approximate surface area is 173 Å². The number of hydrogen-bond donors (Lipinski definition) is 2. The fourth-order valence-corrected chi connectivity index (χ4v) is 3.52. The average Bonchev–Trinajstić information content (AvgIpc) is 2.72. The molecule has 2 N–H and O–H groups in total. The van der Waals surface area contributed by atoms with Gasteiger partial charge in [0.1, 0.15) is 11.6 Å². The van der Waals surface area contributed by atoms with Crippen LogP contribution in [0, 0.1) is 23.5 Å². The highest BCUT2D eigenvalue weighted by molar-refractivity contribution is 6.30. The van der Waals surface area contributed by atoms with Crippen molar-refractivity contribution in [3.05, 3.63) is 59.1 Å². The van der Waals surface area contributed by atoms with Crippen LogP contribution < -0.4 is 10.6 Å². The lowest BCUT2D eigenvalue weighted by atomic mass is 9.85. The third-order valence-electron chi connectivity index (χ3n) is 5.23. The lowest BCUT2D eigenvalue weighted by Crippen LogP contribution is -2.43. The third kappa shape index (κ3) is 5.44. The van der Waals surface area contributed by atoms with Gasteiger partial charge in [0.25, 0.3) is 0 Å². The van der Waals surface area contributed by atoms with Gasteiger partial charge in [0.15, 0.2) is 0 Å². The van der Waals surface area contributed by atoms with Gasteiger partial charge in [0.05, 0.1) is 5.69 Å². The molecule has 1 atom stereocenters. The molecule has 1 saturated heterocycles. The van der Waals surface area contributed by atoms with Crippen LogP contribution >= 0.6 is 11.6 Å². The fourth-order valence-electron chi connectivity index (χ4n) is 3.39. The number of halogens is 3. The van der Waals surface area contributed by atoms with E-state index in [2.05, 4.69) is 10.6 Å². The van der Waals surface area contributed by atoms with Crippen molar-refractivity contribution in [1.82, 2.24) is 4.90 Å². The highest BCUT2D eigenvalue weighted by Gasteiger charge is 2.30. The molecule has 29 heavy (non-hydrogen) atoms. The molecule has 2 aromatic rings. The van der Waals surface area contributed by atoms with Crippen molar-refractivity contribution in [3.63, 3.8) is 0 Å². The second kappa shape index (κ2) is 9.22. The summed E-state index contributed by atoms with van der Waals surface area (Å²) in [7, 11) is 0. The SMILES string of the molecule is C[C@H](C(=O)Nc1cc(F)ccc1F)C1CCN(C(=O)Nc2ccc(Cl)cc2)CC1. The number of piperidine rings is 1. The zero-order valence-corrected chi connectivity index (χ0v) is 16.7. The van der Waals surface area contributed by atoms with Crippen molar-refractivity contribution < 1.29 is 18.4 Å². The number of carbonyl (C=O) groups excluding carboxylic acids is 2. The summed E-state index contributed by atoms with van der Waals surface area (Å²) < 4.78 is 27.0. The maximum Gasteiger partial charge on any atom is 0.321 e. The van der Waals surface area contributed by atoms with Gasteiger partial charge in [0, 0.05) is 35.8 Å². The Balaban J connectivity index is 1.51. The number of carbonyl (C=O) groups is 2. The van der Waals surface area contributed by atoms with Crippen molar-refractivity contribution >= 4 is 34.9 Å². The van der Waals surface area contributed by atoms with Crippen molar-refractivity contribution in [2.75, 3.05) is 23.7 Å². The van der Waals surface area contributed by atoms with E-state index in [1.54, 1.807) is 36.1 Å². The molecule has 1 aliphatic rings. The van der Waals surface area contributed by atoms with Gasteiger partial charge in [-0.15, -0.1) is 0 Å². The summed E-state index contributed by atoms with van der Waals surface area (Å²) in [4.78, 5) is 26.6. The molecular formula is C21H22ClF2N3O2. The monoisotopic (exact) mass is 421 g/mol. The minimum atomic E-state index is -0.680. The highest BCUT2D eigenvalue weighted by atomic mass is 35.5. The van der Waals surface area contributed by atoms with Gasteiger partial charge in [0.2, 0.25) is 5.91 Å². The van der Waals surface area contributed by atoms with Crippen LogP contribution in [0.2, 0.25) is 5.02 Å². The lowest BCUT2D eigenvalue weighted by Gasteiger charge is -2.34. The number of amides is 3. The van der Waals surface area contributed by atoms with Crippen LogP contribution in [0.1, 0.15) is 19.8 Å². The maximum atomic E-state index is 13.7. The van der Waals surface area contributed by atoms with Gasteiger partial charge in [-0.25, -0.2) is 13.6 Å². The van der Waals surface area contributed by atoms with Crippen LogP contribution in [0.3, 0.4) is 0 Å². The van der Waals surface area contributed by atoms with Crippen molar-refractivity contribution in [2.45, 2.75) is 19.8 Å². The Morgan fingerprint density at radius 2 is 1.72 bits per heavy atom. The van der Waals surface area contributed by atoms with E-state index in [9.17, 15) is 18.4 Å². The Morgan fingerprint density at radius 1 is 1.07 bits per heavy atom. The molecule has 154 valence electrons. The van der Waals surface area contributed by atoms with Gasteiger partial charge >= 0.3 is 6.03 Å². The number of likely N-dealkylation sites (tertiary alicyclic amines) is 1. The molecule has 0 spiro atoms. The van der Waals surface area contributed by atoms with Crippen LogP contribution in [-0.2, 0) is 4.79 Å². The van der Waals surface area contributed by atoms with E-state index in [0.717, 1.165) is 18.2 Å². The molecular weight excluding hydrogens is 400 g/mol. The first-order valence-corrected chi connectivity index (χ1v) is 9.78. The lowest BCUT2D eigenvalue weighted by molar-refractivity contribution is -0.121. The second-order valence-corrected chi connectivity index (χ2v) is 7.60. The zero-order chi connectivity index (χ0) is 21.0. The van der Waals surface area contributed by atoms with E-state index in [4.69, 9.17) is 11.6 Å². The van der Waals surface area contributed by atoms with E-state index in [1.807, 2.05) is 0 Å². The molecule has 0 aromatic heterocycles. The third-order valence-corrected chi connectivity index (χ3v) is 5.48. The summed E-state index contributed by atoms with van der Waals surface area (Å²) in [5.74, 6) is -2.00. The number of rotatable bonds is 4. The Hall–Kier alpha value is -2.67. The zero-order valence-electron chi connectivity index (χ0n) is 15.9. The van der Waals surface area contributed by atoms with Gasteiger partial charge in [-0.05, 0) is 55.2 Å². The van der Waals surface area contributed by atoms with E-state index >= 15 is 0 Å². The second-order valence-electron chi connectivity index (χ2n) is 7.16. The van der Waals surface area contributed by atoms with E-state index in [1.165, 1.54) is 0 Å². The molecule has 0 saturated carbocycles. The van der Waals surface area contributed by atoms with E-state index in [0.29, 0.717) is 36.6 Å². The average molecular weight is 422 g/mol. The molecule has 0 bridgehead atoms. The largest absolute Gasteiger partial charge is 0.325 e. The fraction of sp³-hybridized carbons (Fsp3) is 0.333. The van der Waals surface area contributed by atoms with Crippen LogP contribution in [0.5, 0.6) is 0 Å². The van der Waals surface area contributed by atoms with Crippen molar-refractivity contribution in [1.29, 1.82) is 0 Å². The molecule has 3 amide bonds. The first kappa shape index (κ1) is 21.0. The molecule has 1 heterocycles. The number of hydrogen-bond acceptors (Lipinski definition) is 2. The number of anilines is 2. The smallest absolute Gasteiger partial charge is 0.321 e. The van der Waals surface area contributed by atoms with Gasteiger partial charge in [-0.3, -0.25) is 4.79 Å². The first-order chi connectivity index (χ1) is 13.8. The normalized spacial score (nSPS) is 15.7. The molecule has 0 unspecified atom stereocenters. The first-order valence-electron chi connectivity index (χ1n) is 9.41. The molecule has 5 nitrogen and oxygen atoms in total. The van der Waals surface area contributed by atoms with E-state index < -0.39 is 11.6 Å². The minimum Gasteiger partial charge on any atom is -0.325 e. The summed E-state index contributed by atoms with van der Waals surface area (Å²) in [6.45, 7) is 2.78. The van der Waals surface area contributed by atoms with Crippen LogP contribution in [0.15, 0.2) is 42.5 Å². The molecule has 0 aliphatic carbocycles. The Bertz CT molecular complexity index is 884. The number of urea groups is 1. The summed E-state index contributed by atoms with van der Waals surface area (Å²) in [6, 6.07) is 9.59. The predicted octanol–water partition coefficient (Wildman–Crippen LogP) is 5.14. The van der Waals surface area contributed by atoms with Crippen molar-refractivity contribution in [3.8, 4) is 0 Å². The maximum absolute atomic E-state index is 13.7. The summed E-state index contributed by atoms with van der Waals surface area (Å²) in [5, 5.41) is 5.88. The Kier molecular flexibility index (Phi) is 6.69. The molecule has 1 fully saturated rings. The summed E-state index contributed by atoms with van der Waals surface area (Å²) in [6.07, 6.45) is 1.29. The minimum absolute atomic E-state index is 0.0474. The van der Waals surface area contributed by atoms with Crippen molar-refractivity contribution in [2.24, 2.45) is 11.8 Å². The quantitative estimate of drug-likeness (QED) is 0.718. The van der Waals surface area contributed by atoms with Gasteiger partial charge < -0.3 is 15.5 Å². The van der Waals surface area contributed by atoms with Crippen LogP contribution in [0.4, 0.5) is 25.0 Å². The van der Waals surface area contributed by atoms with Crippen LogP contribution in [0.25, 0.3) is 0 Å². The molecule has 3 rings (SSSR count). The van der Waals surface area contributed by atoms with Gasteiger partial charge in [-0.1, -0.05) is 18.5 Å². The molecule has 0 radical (unpaired) electrons. The molecule has 1 aliphatic heterocycles. The van der Waals surface area contributed by atoms with Gasteiger partial charge in [-0.2, -0.15) is 0 Å². The number of nitrogens with zero attached hydrogens (tertiary/aromatic N) is 1. The molecule has 8 heteroatoms. The predicted molar refractivity (Wildman–Crippen MR) is 109 cm³/mol. The number of nitrogens with one attached hydrogen (secondary N) is 2. The number of benzene rings is 2. The summed E-state index contributed by atoms with van der Waals surface area (Å²) in [5.41, 5.74) is 0.494. The standard InChI is InChI=1S/C21H22ClF2N3O2/c1-13(20(28)26-19-12-16(23)4-7-18(19)24)14-8-10-27(11-9-14)21(29)25-17-5-2-15(22)3-6-17/h2-7,12-14H,8-11H2,1H3,(H,25,29)(H,26,28)/t13-/m0/s1. The van der Waals surface area contributed by atoms with E-state index in [-0.39, 0.29) is 29.5 Å². The topological polar surface area (TPSA) is 61.4 Å².